The van der Waals surface area contributed by atoms with Gasteiger partial charge < -0.3 is 20.3 Å². The molecule has 1 aromatic carbocycles. The number of nitrogens with one attached hydrogen (secondary N) is 1. The van der Waals surface area contributed by atoms with Crippen molar-refractivity contribution in [3.05, 3.63) is 29.6 Å². The summed E-state index contributed by atoms with van der Waals surface area (Å²) < 4.78 is 19.9. The summed E-state index contributed by atoms with van der Waals surface area (Å²) in [6.07, 6.45) is -0.0277. The van der Waals surface area contributed by atoms with E-state index < -0.39 is 23.1 Å². The summed E-state index contributed by atoms with van der Waals surface area (Å²) in [5, 5.41) is 20.4. The Hall–Kier alpha value is -1.84. The van der Waals surface area contributed by atoms with E-state index in [2.05, 4.69) is 5.32 Å². The molecule has 27 heavy (non-hydrogen) atoms. The normalized spacial score (nSPS) is 24.6. The van der Waals surface area contributed by atoms with E-state index in [1.807, 2.05) is 0 Å². The van der Waals surface area contributed by atoms with Crippen LogP contribution in [0.5, 0.6) is 0 Å². The van der Waals surface area contributed by atoms with Crippen LogP contribution in [0.25, 0.3) is 0 Å². The number of cyclic esters (lactones) is 1. The number of anilines is 1. The third kappa shape index (κ3) is 4.72. The van der Waals surface area contributed by atoms with Crippen molar-refractivity contribution in [2.24, 2.45) is 0 Å². The third-order valence-electron chi connectivity index (χ3n) is 4.77. The molecule has 0 radical (unpaired) electrons. The summed E-state index contributed by atoms with van der Waals surface area (Å²) in [4.78, 5) is 24.7. The van der Waals surface area contributed by atoms with Gasteiger partial charge in [-0.3, -0.25) is 9.69 Å². The van der Waals surface area contributed by atoms with Crippen LogP contribution in [-0.4, -0.2) is 52.3 Å². The molecule has 148 valence electrons. The van der Waals surface area contributed by atoms with Gasteiger partial charge in [-0.05, 0) is 35.8 Å². The van der Waals surface area contributed by atoms with Crippen LogP contribution in [0.15, 0.2) is 18.2 Å². The van der Waals surface area contributed by atoms with E-state index in [4.69, 9.17) is 4.74 Å². The number of halogens is 1. The molecule has 2 aliphatic heterocycles. The number of hydrogen-bond acceptors (Lipinski definition) is 6. The minimum atomic E-state index is -1.84. The molecule has 0 bridgehead atoms. The van der Waals surface area contributed by atoms with E-state index in [0.717, 1.165) is 11.8 Å². The first-order valence-electron chi connectivity index (χ1n) is 8.92. The molecule has 9 heteroatoms. The Morgan fingerprint density at radius 1 is 1.48 bits per heavy atom. The standard InChI is InChI=1S/C18H23FN2O5S/c1-2-16(22)20-9-13-10-21(17(23)26-13)12-3-4-14(15(19)7-12)11-5-6-27-18(24,25)8-11/h3-4,7,11,13,24-25H,2,5-6,8-10H2,1H3,(H,20,22)/t11?,13-/m0/s1. The fourth-order valence-corrected chi connectivity index (χ4v) is 4.37. The second-order valence-electron chi connectivity index (χ2n) is 6.76. The van der Waals surface area contributed by atoms with Crippen LogP contribution in [0.1, 0.15) is 37.7 Å². The van der Waals surface area contributed by atoms with Crippen molar-refractivity contribution >= 4 is 29.4 Å². The summed E-state index contributed by atoms with van der Waals surface area (Å²) >= 11 is 1.05. The van der Waals surface area contributed by atoms with Gasteiger partial charge in [0, 0.05) is 12.8 Å². The average molecular weight is 398 g/mol. The molecule has 2 heterocycles. The van der Waals surface area contributed by atoms with Gasteiger partial charge in [0.2, 0.25) is 11.0 Å². The maximum Gasteiger partial charge on any atom is 0.414 e. The van der Waals surface area contributed by atoms with Crippen LogP contribution < -0.4 is 10.2 Å². The van der Waals surface area contributed by atoms with Crippen molar-refractivity contribution in [3.63, 3.8) is 0 Å². The molecule has 2 aliphatic rings. The lowest BCUT2D eigenvalue weighted by atomic mass is 9.91. The molecule has 2 atom stereocenters. The number of benzene rings is 1. The topological polar surface area (TPSA) is 99.1 Å². The maximum absolute atomic E-state index is 14.7. The van der Waals surface area contributed by atoms with E-state index in [-0.39, 0.29) is 31.3 Å². The Kier molecular flexibility index (Phi) is 5.92. The van der Waals surface area contributed by atoms with Crippen molar-refractivity contribution in [2.75, 3.05) is 23.7 Å². The number of carbonyl (C=O) groups is 2. The second-order valence-corrected chi connectivity index (χ2v) is 8.11. The average Bonchev–Trinajstić information content (AvgIpc) is 2.99. The highest BCUT2D eigenvalue weighted by Crippen LogP contribution is 2.41. The lowest BCUT2D eigenvalue weighted by Gasteiger charge is -2.32. The van der Waals surface area contributed by atoms with E-state index in [9.17, 15) is 24.2 Å². The quantitative estimate of drug-likeness (QED) is 0.656. The molecule has 3 rings (SSSR count). The predicted molar refractivity (Wildman–Crippen MR) is 98.9 cm³/mol. The summed E-state index contributed by atoms with van der Waals surface area (Å²) in [6.45, 7) is 2.16. The van der Waals surface area contributed by atoms with E-state index in [1.54, 1.807) is 19.1 Å². The zero-order valence-corrected chi connectivity index (χ0v) is 15.8. The Bertz CT molecular complexity index is 730. The highest BCUT2D eigenvalue weighted by atomic mass is 32.2. The van der Waals surface area contributed by atoms with Gasteiger partial charge in [0.05, 0.1) is 18.8 Å². The molecule has 3 N–H and O–H groups in total. The molecular formula is C18H23FN2O5S. The SMILES string of the molecule is CCC(=O)NC[C@H]1CN(c2ccc(C3CCSC(O)(O)C3)c(F)c2)C(=O)O1. The van der Waals surface area contributed by atoms with Gasteiger partial charge in [-0.2, -0.15) is 0 Å². The largest absolute Gasteiger partial charge is 0.442 e. The van der Waals surface area contributed by atoms with Crippen molar-refractivity contribution < 1.29 is 28.9 Å². The van der Waals surface area contributed by atoms with Gasteiger partial charge >= 0.3 is 6.09 Å². The van der Waals surface area contributed by atoms with Crippen LogP contribution in [0.3, 0.4) is 0 Å². The number of nitrogens with zero attached hydrogens (tertiary/aromatic N) is 1. The van der Waals surface area contributed by atoms with Crippen molar-refractivity contribution in [3.8, 4) is 0 Å². The van der Waals surface area contributed by atoms with Gasteiger partial charge in [0.25, 0.3) is 0 Å². The smallest absolute Gasteiger partial charge is 0.414 e. The summed E-state index contributed by atoms with van der Waals surface area (Å²) in [5.74, 6) is -0.384. The van der Waals surface area contributed by atoms with Gasteiger partial charge in [-0.1, -0.05) is 24.8 Å². The van der Waals surface area contributed by atoms with E-state index in [1.165, 1.54) is 11.0 Å². The maximum atomic E-state index is 14.7. The number of aliphatic hydroxyl groups is 2. The Labute approximate surface area is 160 Å². The Morgan fingerprint density at radius 2 is 2.26 bits per heavy atom. The van der Waals surface area contributed by atoms with Crippen LogP contribution in [-0.2, 0) is 9.53 Å². The van der Waals surface area contributed by atoms with Crippen molar-refractivity contribution in [1.82, 2.24) is 5.32 Å². The van der Waals surface area contributed by atoms with Crippen molar-refractivity contribution in [2.45, 2.75) is 43.3 Å². The summed E-state index contributed by atoms with van der Waals surface area (Å²) in [7, 11) is 0. The first-order chi connectivity index (χ1) is 12.8. The van der Waals surface area contributed by atoms with Gasteiger partial charge in [0.1, 0.15) is 11.9 Å². The first kappa shape index (κ1) is 19.9. The molecule has 2 amide bonds. The van der Waals surface area contributed by atoms with Gasteiger partial charge in [0.15, 0.2) is 0 Å². The predicted octanol–water partition coefficient (Wildman–Crippen LogP) is 1.93. The number of hydrogen-bond donors (Lipinski definition) is 3. The first-order valence-corrected chi connectivity index (χ1v) is 9.90. The zero-order chi connectivity index (χ0) is 19.6. The molecular weight excluding hydrogens is 375 g/mol. The van der Waals surface area contributed by atoms with Crippen LogP contribution in [0.4, 0.5) is 14.9 Å². The lowest BCUT2D eigenvalue weighted by molar-refractivity contribution is -0.121. The fourth-order valence-electron chi connectivity index (χ4n) is 3.32. The summed E-state index contributed by atoms with van der Waals surface area (Å²) in [5.41, 5.74) is 0.779. The zero-order valence-electron chi connectivity index (χ0n) is 15.0. The second kappa shape index (κ2) is 8.04. The molecule has 0 aliphatic carbocycles. The molecule has 2 saturated heterocycles. The number of thioether (sulfide) groups is 1. The fraction of sp³-hybridized carbons (Fsp3) is 0.556. The third-order valence-corrected chi connectivity index (χ3v) is 5.84. The van der Waals surface area contributed by atoms with Crippen LogP contribution in [0, 0.1) is 5.82 Å². The molecule has 2 fully saturated rings. The molecule has 0 aromatic heterocycles. The number of rotatable bonds is 5. The van der Waals surface area contributed by atoms with Crippen molar-refractivity contribution in [1.29, 1.82) is 0 Å². The van der Waals surface area contributed by atoms with Gasteiger partial charge in [-0.25, -0.2) is 9.18 Å². The highest BCUT2D eigenvalue weighted by molar-refractivity contribution is 8.00. The summed E-state index contributed by atoms with van der Waals surface area (Å²) in [6, 6.07) is 4.48. The molecule has 0 spiro atoms. The molecule has 1 aromatic rings. The lowest BCUT2D eigenvalue weighted by Crippen LogP contribution is -2.34. The monoisotopic (exact) mass is 398 g/mol. The molecule has 0 saturated carbocycles. The molecule has 7 nitrogen and oxygen atoms in total. The number of carbonyl (C=O) groups excluding carboxylic acids is 2. The van der Waals surface area contributed by atoms with E-state index >= 15 is 0 Å². The minimum Gasteiger partial charge on any atom is -0.442 e. The highest BCUT2D eigenvalue weighted by Gasteiger charge is 2.36. The number of ether oxygens (including phenoxy) is 1. The Morgan fingerprint density at radius 3 is 2.93 bits per heavy atom. The number of amides is 2. The Balaban J connectivity index is 1.68. The van der Waals surface area contributed by atoms with E-state index in [0.29, 0.717) is 29.8 Å². The molecule has 1 unspecified atom stereocenters. The minimum absolute atomic E-state index is 0.0545. The van der Waals surface area contributed by atoms with Crippen LogP contribution in [0.2, 0.25) is 0 Å². The van der Waals surface area contributed by atoms with Crippen LogP contribution >= 0.6 is 11.8 Å². The van der Waals surface area contributed by atoms with Gasteiger partial charge in [-0.15, -0.1) is 0 Å².